The van der Waals surface area contributed by atoms with Crippen molar-refractivity contribution >= 4 is 6.03 Å². The zero-order chi connectivity index (χ0) is 18.9. The first-order valence-corrected chi connectivity index (χ1v) is 9.33. The summed E-state index contributed by atoms with van der Waals surface area (Å²) in [5.74, 6) is 1.34. The van der Waals surface area contributed by atoms with Gasteiger partial charge in [-0.25, -0.2) is 4.79 Å². The minimum absolute atomic E-state index is 0.134. The number of nitrogens with one attached hydrogen (secondary N) is 3. The molecule has 0 saturated carbocycles. The zero-order valence-corrected chi connectivity index (χ0v) is 15.7. The van der Waals surface area contributed by atoms with E-state index in [0.29, 0.717) is 24.7 Å². The highest BCUT2D eigenvalue weighted by Gasteiger charge is 2.15. The molecule has 144 valence electrons. The van der Waals surface area contributed by atoms with E-state index in [-0.39, 0.29) is 12.1 Å². The maximum Gasteiger partial charge on any atom is 0.315 e. The molecule has 1 aliphatic heterocycles. The van der Waals surface area contributed by atoms with Gasteiger partial charge in [-0.05, 0) is 49.2 Å². The number of methoxy groups -OCH3 is 1. The Balaban J connectivity index is 1.51. The highest BCUT2D eigenvalue weighted by molar-refractivity contribution is 5.74. The monoisotopic (exact) mass is 369 g/mol. The third-order valence-corrected chi connectivity index (χ3v) is 4.59. The highest BCUT2D eigenvalue weighted by Crippen LogP contribution is 2.28. The molecule has 0 bridgehead atoms. The van der Waals surface area contributed by atoms with Crippen molar-refractivity contribution in [2.24, 2.45) is 0 Å². The van der Waals surface area contributed by atoms with Gasteiger partial charge < -0.3 is 25.4 Å². The SMILES string of the molecule is COc1cc(CNC(=O)NC2CCNCC2)ccc1OCc1ccccc1. The van der Waals surface area contributed by atoms with Gasteiger partial charge in [0.1, 0.15) is 6.61 Å². The Morgan fingerprint density at radius 3 is 2.59 bits per heavy atom. The van der Waals surface area contributed by atoms with Gasteiger partial charge in [-0.1, -0.05) is 36.4 Å². The summed E-state index contributed by atoms with van der Waals surface area (Å²) in [6.07, 6.45) is 1.93. The average molecular weight is 369 g/mol. The lowest BCUT2D eigenvalue weighted by Gasteiger charge is -2.23. The molecule has 0 radical (unpaired) electrons. The lowest BCUT2D eigenvalue weighted by molar-refractivity contribution is 0.233. The summed E-state index contributed by atoms with van der Waals surface area (Å²) >= 11 is 0. The number of hydrogen-bond acceptors (Lipinski definition) is 4. The Morgan fingerprint density at radius 2 is 1.85 bits per heavy atom. The van der Waals surface area contributed by atoms with Crippen LogP contribution in [0.15, 0.2) is 48.5 Å². The van der Waals surface area contributed by atoms with Crippen molar-refractivity contribution < 1.29 is 14.3 Å². The van der Waals surface area contributed by atoms with Crippen LogP contribution in [0.5, 0.6) is 11.5 Å². The largest absolute Gasteiger partial charge is 0.493 e. The van der Waals surface area contributed by atoms with E-state index in [4.69, 9.17) is 9.47 Å². The molecule has 2 aromatic carbocycles. The summed E-state index contributed by atoms with van der Waals surface area (Å²) in [4.78, 5) is 12.1. The number of ether oxygens (including phenoxy) is 2. The van der Waals surface area contributed by atoms with Crippen molar-refractivity contribution in [1.82, 2.24) is 16.0 Å². The first kappa shape index (κ1) is 19.0. The number of amides is 2. The van der Waals surface area contributed by atoms with Gasteiger partial charge in [-0.15, -0.1) is 0 Å². The molecule has 1 heterocycles. The first-order chi connectivity index (χ1) is 13.2. The van der Waals surface area contributed by atoms with E-state index in [1.54, 1.807) is 7.11 Å². The minimum atomic E-state index is -0.134. The van der Waals surface area contributed by atoms with Gasteiger partial charge in [-0.3, -0.25) is 0 Å². The minimum Gasteiger partial charge on any atom is -0.493 e. The second kappa shape index (κ2) is 9.83. The molecule has 1 fully saturated rings. The van der Waals surface area contributed by atoms with Crippen LogP contribution in [0.2, 0.25) is 0 Å². The number of carbonyl (C=O) groups excluding carboxylic acids is 1. The fourth-order valence-corrected chi connectivity index (χ4v) is 3.06. The molecule has 3 N–H and O–H groups in total. The summed E-state index contributed by atoms with van der Waals surface area (Å²) in [7, 11) is 1.62. The van der Waals surface area contributed by atoms with Crippen LogP contribution in [0.3, 0.4) is 0 Å². The second-order valence-electron chi connectivity index (χ2n) is 6.61. The van der Waals surface area contributed by atoms with E-state index in [1.807, 2.05) is 48.5 Å². The molecule has 2 amide bonds. The van der Waals surface area contributed by atoms with Crippen molar-refractivity contribution in [2.75, 3.05) is 20.2 Å². The maximum absolute atomic E-state index is 12.1. The first-order valence-electron chi connectivity index (χ1n) is 9.33. The van der Waals surface area contributed by atoms with Gasteiger partial charge in [0, 0.05) is 12.6 Å². The molecule has 0 unspecified atom stereocenters. The quantitative estimate of drug-likeness (QED) is 0.702. The van der Waals surface area contributed by atoms with Crippen LogP contribution in [0.4, 0.5) is 4.79 Å². The number of carbonyl (C=O) groups is 1. The van der Waals surface area contributed by atoms with Crippen molar-refractivity contribution in [3.05, 3.63) is 59.7 Å². The van der Waals surface area contributed by atoms with Gasteiger partial charge in [0.15, 0.2) is 11.5 Å². The zero-order valence-electron chi connectivity index (χ0n) is 15.7. The van der Waals surface area contributed by atoms with E-state index in [1.165, 1.54) is 0 Å². The number of urea groups is 1. The van der Waals surface area contributed by atoms with Crippen LogP contribution < -0.4 is 25.4 Å². The summed E-state index contributed by atoms with van der Waals surface area (Å²) in [5.41, 5.74) is 2.05. The van der Waals surface area contributed by atoms with Crippen molar-refractivity contribution in [3.8, 4) is 11.5 Å². The molecule has 6 nitrogen and oxygen atoms in total. The predicted molar refractivity (Wildman–Crippen MR) is 105 cm³/mol. The lowest BCUT2D eigenvalue weighted by atomic mass is 10.1. The molecule has 2 aromatic rings. The molecule has 0 atom stereocenters. The molecular formula is C21H27N3O3. The number of rotatable bonds is 7. The van der Waals surface area contributed by atoms with Gasteiger partial charge in [0.05, 0.1) is 7.11 Å². The number of benzene rings is 2. The third-order valence-electron chi connectivity index (χ3n) is 4.59. The Kier molecular flexibility index (Phi) is 6.93. The van der Waals surface area contributed by atoms with Gasteiger partial charge in [0.2, 0.25) is 0 Å². The average Bonchev–Trinajstić information content (AvgIpc) is 2.72. The molecule has 3 rings (SSSR count). The van der Waals surface area contributed by atoms with Crippen LogP contribution in [0.1, 0.15) is 24.0 Å². The van der Waals surface area contributed by atoms with Crippen LogP contribution in [-0.4, -0.2) is 32.3 Å². The summed E-state index contributed by atoms with van der Waals surface area (Å²) in [6.45, 7) is 2.82. The smallest absolute Gasteiger partial charge is 0.315 e. The van der Waals surface area contributed by atoms with Gasteiger partial charge in [-0.2, -0.15) is 0 Å². The Labute approximate surface area is 160 Å². The van der Waals surface area contributed by atoms with E-state index >= 15 is 0 Å². The normalized spacial score (nSPS) is 14.4. The fraction of sp³-hybridized carbons (Fsp3) is 0.381. The highest BCUT2D eigenvalue weighted by atomic mass is 16.5. The third kappa shape index (κ3) is 5.89. The summed E-state index contributed by atoms with van der Waals surface area (Å²) in [5, 5.41) is 9.22. The van der Waals surface area contributed by atoms with Crippen LogP contribution in [-0.2, 0) is 13.2 Å². The predicted octanol–water partition coefficient (Wildman–Crippen LogP) is 2.83. The topological polar surface area (TPSA) is 71.6 Å². The van der Waals surface area contributed by atoms with E-state index in [9.17, 15) is 4.79 Å². The van der Waals surface area contributed by atoms with Crippen LogP contribution in [0.25, 0.3) is 0 Å². The van der Waals surface area contributed by atoms with Gasteiger partial charge >= 0.3 is 6.03 Å². The van der Waals surface area contributed by atoms with Crippen molar-refractivity contribution in [1.29, 1.82) is 0 Å². The molecule has 27 heavy (non-hydrogen) atoms. The molecule has 0 aromatic heterocycles. The Bertz CT molecular complexity index is 731. The Morgan fingerprint density at radius 1 is 1.07 bits per heavy atom. The molecular weight excluding hydrogens is 342 g/mol. The molecule has 1 aliphatic rings. The number of hydrogen-bond donors (Lipinski definition) is 3. The standard InChI is InChI=1S/C21H27N3O3/c1-26-20-13-17(14-23-21(25)24-18-9-11-22-12-10-18)7-8-19(20)27-15-16-5-3-2-4-6-16/h2-8,13,18,22H,9-12,14-15H2,1H3,(H2,23,24,25). The van der Waals surface area contributed by atoms with E-state index < -0.39 is 0 Å². The van der Waals surface area contributed by atoms with Crippen molar-refractivity contribution in [2.45, 2.75) is 32.0 Å². The van der Waals surface area contributed by atoms with Crippen LogP contribution in [0, 0.1) is 0 Å². The van der Waals surface area contributed by atoms with Crippen molar-refractivity contribution in [3.63, 3.8) is 0 Å². The lowest BCUT2D eigenvalue weighted by Crippen LogP contribution is -2.46. The van der Waals surface area contributed by atoms with Gasteiger partial charge in [0.25, 0.3) is 0 Å². The van der Waals surface area contributed by atoms with Crippen LogP contribution >= 0.6 is 0 Å². The van der Waals surface area contributed by atoms with E-state index in [2.05, 4.69) is 16.0 Å². The summed E-state index contributed by atoms with van der Waals surface area (Å²) in [6, 6.07) is 15.8. The molecule has 0 aliphatic carbocycles. The second-order valence-corrected chi connectivity index (χ2v) is 6.61. The molecule has 6 heteroatoms. The molecule has 1 saturated heterocycles. The number of piperidine rings is 1. The Hall–Kier alpha value is -2.73. The molecule has 0 spiro atoms. The maximum atomic E-state index is 12.1. The summed E-state index contributed by atoms with van der Waals surface area (Å²) < 4.78 is 11.3. The van der Waals surface area contributed by atoms with E-state index in [0.717, 1.165) is 37.1 Å². The fourth-order valence-electron chi connectivity index (χ4n) is 3.06.